The third-order valence-corrected chi connectivity index (χ3v) is 3.44. The van der Waals surface area contributed by atoms with E-state index in [0.717, 1.165) is 15.6 Å². The number of anilines is 1. The Morgan fingerprint density at radius 3 is 2.72 bits per heavy atom. The van der Waals surface area contributed by atoms with Gasteiger partial charge in [0.2, 0.25) is 0 Å². The van der Waals surface area contributed by atoms with Gasteiger partial charge in [-0.15, -0.1) is 0 Å². The Morgan fingerprint density at radius 1 is 1.28 bits per heavy atom. The van der Waals surface area contributed by atoms with Gasteiger partial charge in [-0.2, -0.15) is 0 Å². The molecule has 94 valence electrons. The minimum atomic E-state index is -0.440. The molecular formula is C14H13BrFNO. The standard InChI is InChI=1S/C14H13BrFNO/c1-9-6-14(12(16)7-13(9)17)18-8-10-4-2-3-5-11(10)15/h2-7H,8,17H2,1H3. The van der Waals surface area contributed by atoms with Gasteiger partial charge in [-0.3, -0.25) is 0 Å². The van der Waals surface area contributed by atoms with Crippen molar-refractivity contribution in [2.24, 2.45) is 0 Å². The number of ether oxygens (including phenoxy) is 1. The van der Waals surface area contributed by atoms with E-state index in [1.807, 2.05) is 31.2 Å². The van der Waals surface area contributed by atoms with E-state index < -0.39 is 5.82 Å². The largest absolute Gasteiger partial charge is 0.486 e. The van der Waals surface area contributed by atoms with Crippen LogP contribution in [0.3, 0.4) is 0 Å². The Balaban J connectivity index is 2.16. The highest BCUT2D eigenvalue weighted by Gasteiger charge is 2.07. The topological polar surface area (TPSA) is 35.2 Å². The Morgan fingerprint density at radius 2 is 2.00 bits per heavy atom. The first-order valence-electron chi connectivity index (χ1n) is 5.50. The summed E-state index contributed by atoms with van der Waals surface area (Å²) in [4.78, 5) is 0. The first-order valence-corrected chi connectivity index (χ1v) is 6.29. The summed E-state index contributed by atoms with van der Waals surface area (Å²) in [6.07, 6.45) is 0. The van der Waals surface area contributed by atoms with Gasteiger partial charge in [-0.1, -0.05) is 34.1 Å². The molecule has 2 nitrogen and oxygen atoms in total. The summed E-state index contributed by atoms with van der Waals surface area (Å²) >= 11 is 3.42. The number of halogens is 2. The zero-order valence-corrected chi connectivity index (χ0v) is 11.5. The predicted molar refractivity (Wildman–Crippen MR) is 74.0 cm³/mol. The van der Waals surface area contributed by atoms with Crippen LogP contribution >= 0.6 is 15.9 Å². The summed E-state index contributed by atoms with van der Waals surface area (Å²) < 4.78 is 20.0. The molecule has 18 heavy (non-hydrogen) atoms. The smallest absolute Gasteiger partial charge is 0.167 e. The highest BCUT2D eigenvalue weighted by Crippen LogP contribution is 2.25. The van der Waals surface area contributed by atoms with Gasteiger partial charge >= 0.3 is 0 Å². The Labute approximate surface area is 114 Å². The molecule has 2 rings (SSSR count). The zero-order chi connectivity index (χ0) is 13.1. The van der Waals surface area contributed by atoms with E-state index in [2.05, 4.69) is 15.9 Å². The number of nitrogen functional groups attached to an aromatic ring is 1. The summed E-state index contributed by atoms with van der Waals surface area (Å²) in [5, 5.41) is 0. The Kier molecular flexibility index (Phi) is 3.87. The van der Waals surface area contributed by atoms with Crippen LogP contribution in [0, 0.1) is 12.7 Å². The molecule has 4 heteroatoms. The second kappa shape index (κ2) is 5.40. The van der Waals surface area contributed by atoms with Gasteiger partial charge in [0.05, 0.1) is 0 Å². The highest BCUT2D eigenvalue weighted by atomic mass is 79.9. The fourth-order valence-corrected chi connectivity index (χ4v) is 1.95. The second-order valence-corrected chi connectivity index (χ2v) is 4.87. The van der Waals surface area contributed by atoms with Gasteiger partial charge in [-0.05, 0) is 24.6 Å². The number of hydrogen-bond donors (Lipinski definition) is 1. The fourth-order valence-electron chi connectivity index (χ4n) is 1.55. The lowest BCUT2D eigenvalue weighted by Crippen LogP contribution is -2.00. The van der Waals surface area contributed by atoms with Crippen LogP contribution in [-0.4, -0.2) is 0 Å². The minimum Gasteiger partial charge on any atom is -0.486 e. The number of benzene rings is 2. The number of rotatable bonds is 3. The molecule has 0 aliphatic rings. The molecule has 0 amide bonds. The molecule has 0 aromatic heterocycles. The van der Waals surface area contributed by atoms with Crippen molar-refractivity contribution >= 4 is 21.6 Å². The summed E-state index contributed by atoms with van der Waals surface area (Å²) in [6.45, 7) is 2.13. The van der Waals surface area contributed by atoms with Gasteiger partial charge in [0.1, 0.15) is 6.61 Å². The van der Waals surface area contributed by atoms with Crippen molar-refractivity contribution in [2.45, 2.75) is 13.5 Å². The molecule has 0 spiro atoms. The van der Waals surface area contributed by atoms with Gasteiger partial charge in [0.15, 0.2) is 11.6 Å². The lowest BCUT2D eigenvalue weighted by molar-refractivity contribution is 0.289. The molecule has 0 aliphatic carbocycles. The molecule has 2 aromatic rings. The lowest BCUT2D eigenvalue weighted by Gasteiger charge is -2.10. The highest BCUT2D eigenvalue weighted by molar-refractivity contribution is 9.10. The fraction of sp³-hybridized carbons (Fsp3) is 0.143. The van der Waals surface area contributed by atoms with Crippen molar-refractivity contribution in [2.75, 3.05) is 5.73 Å². The Hall–Kier alpha value is -1.55. The van der Waals surface area contributed by atoms with Crippen LogP contribution in [0.25, 0.3) is 0 Å². The third kappa shape index (κ3) is 2.82. The van der Waals surface area contributed by atoms with Crippen LogP contribution in [0.2, 0.25) is 0 Å². The third-order valence-electron chi connectivity index (χ3n) is 2.66. The van der Waals surface area contributed by atoms with E-state index in [9.17, 15) is 4.39 Å². The number of nitrogens with two attached hydrogens (primary N) is 1. The van der Waals surface area contributed by atoms with Crippen LogP contribution in [0.15, 0.2) is 40.9 Å². The summed E-state index contributed by atoms with van der Waals surface area (Å²) in [6, 6.07) is 10.6. The first-order chi connectivity index (χ1) is 8.58. The van der Waals surface area contributed by atoms with Crippen molar-refractivity contribution in [3.05, 3.63) is 57.8 Å². The van der Waals surface area contributed by atoms with Crippen molar-refractivity contribution < 1.29 is 9.13 Å². The molecule has 0 unspecified atom stereocenters. The SMILES string of the molecule is Cc1cc(OCc2ccccc2Br)c(F)cc1N. The van der Waals surface area contributed by atoms with E-state index in [4.69, 9.17) is 10.5 Å². The number of aryl methyl sites for hydroxylation is 1. The number of hydrogen-bond acceptors (Lipinski definition) is 2. The summed E-state index contributed by atoms with van der Waals surface area (Å²) in [5.74, 6) is -0.220. The van der Waals surface area contributed by atoms with Crippen LogP contribution in [0.5, 0.6) is 5.75 Å². The maximum absolute atomic E-state index is 13.6. The quantitative estimate of drug-likeness (QED) is 0.868. The van der Waals surface area contributed by atoms with Gasteiger partial charge in [0.25, 0.3) is 0 Å². The van der Waals surface area contributed by atoms with Crippen molar-refractivity contribution in [3.8, 4) is 5.75 Å². The normalized spacial score (nSPS) is 10.4. The monoisotopic (exact) mass is 309 g/mol. The van der Waals surface area contributed by atoms with Crippen molar-refractivity contribution in [1.82, 2.24) is 0 Å². The van der Waals surface area contributed by atoms with Crippen LogP contribution in [-0.2, 0) is 6.61 Å². The van der Waals surface area contributed by atoms with Crippen LogP contribution in [0.1, 0.15) is 11.1 Å². The van der Waals surface area contributed by atoms with E-state index in [1.54, 1.807) is 6.07 Å². The first kappa shape index (κ1) is 12.9. The van der Waals surface area contributed by atoms with Crippen LogP contribution in [0.4, 0.5) is 10.1 Å². The van der Waals surface area contributed by atoms with E-state index >= 15 is 0 Å². The Bertz CT molecular complexity index is 572. The molecular weight excluding hydrogens is 297 g/mol. The zero-order valence-electron chi connectivity index (χ0n) is 9.91. The molecule has 0 saturated carbocycles. The predicted octanol–water partition coefficient (Wildman–Crippen LogP) is 4.06. The van der Waals surface area contributed by atoms with Crippen molar-refractivity contribution in [3.63, 3.8) is 0 Å². The average molecular weight is 310 g/mol. The van der Waals surface area contributed by atoms with E-state index in [0.29, 0.717) is 12.3 Å². The second-order valence-electron chi connectivity index (χ2n) is 4.02. The molecule has 2 N–H and O–H groups in total. The maximum atomic E-state index is 13.6. The summed E-state index contributed by atoms with van der Waals surface area (Å²) in [7, 11) is 0. The van der Waals surface area contributed by atoms with Crippen LogP contribution < -0.4 is 10.5 Å². The summed E-state index contributed by atoms with van der Waals surface area (Å²) in [5.41, 5.74) is 7.82. The van der Waals surface area contributed by atoms with Gasteiger partial charge in [-0.25, -0.2) is 4.39 Å². The molecule has 2 aromatic carbocycles. The average Bonchev–Trinajstić information content (AvgIpc) is 2.34. The molecule has 0 heterocycles. The van der Waals surface area contributed by atoms with E-state index in [1.165, 1.54) is 6.07 Å². The lowest BCUT2D eigenvalue weighted by atomic mass is 10.2. The molecule has 0 atom stereocenters. The maximum Gasteiger partial charge on any atom is 0.167 e. The molecule has 0 fully saturated rings. The van der Waals surface area contributed by atoms with Gasteiger partial charge < -0.3 is 10.5 Å². The van der Waals surface area contributed by atoms with E-state index in [-0.39, 0.29) is 5.75 Å². The van der Waals surface area contributed by atoms with Crippen molar-refractivity contribution in [1.29, 1.82) is 0 Å². The molecule has 0 bridgehead atoms. The molecule has 0 saturated heterocycles. The molecule has 0 radical (unpaired) electrons. The molecule has 0 aliphatic heterocycles. The van der Waals surface area contributed by atoms with Gasteiger partial charge in [0, 0.05) is 21.8 Å². The minimum absolute atomic E-state index is 0.220.